The van der Waals surface area contributed by atoms with Crippen LogP contribution in [-0.2, 0) is 17.5 Å². The Morgan fingerprint density at radius 1 is 1.33 bits per heavy atom. The zero-order chi connectivity index (χ0) is 15.3. The van der Waals surface area contributed by atoms with Crippen LogP contribution in [0.5, 0.6) is 0 Å². The molecule has 1 atom stereocenters. The number of rotatable bonds is 3. The number of nitrogens with zero attached hydrogens (tertiary/aromatic N) is 2. The third kappa shape index (κ3) is 2.85. The minimum Gasteiger partial charge on any atom is -0.388 e. The Balaban J connectivity index is 1.87. The van der Waals surface area contributed by atoms with Crippen LogP contribution in [0, 0.1) is 0 Å². The number of epoxide rings is 1. The molecule has 2 heterocycles. The molecule has 2 aromatic rings. The van der Waals surface area contributed by atoms with Gasteiger partial charge < -0.3 is 9.15 Å². The minimum absolute atomic E-state index is 0.0158. The van der Waals surface area contributed by atoms with E-state index in [1.54, 1.807) is 0 Å². The van der Waals surface area contributed by atoms with Crippen LogP contribution >= 0.6 is 0 Å². The van der Waals surface area contributed by atoms with Crippen LogP contribution in [0.3, 0.4) is 0 Å². The van der Waals surface area contributed by atoms with Gasteiger partial charge in [-0.05, 0) is 31.2 Å². The molecular formula is C13H11F3N2O3. The van der Waals surface area contributed by atoms with Crippen molar-refractivity contribution < 1.29 is 22.3 Å². The summed E-state index contributed by atoms with van der Waals surface area (Å²) in [5, 5.41) is 3.97. The number of halogens is 3. The summed E-state index contributed by atoms with van der Waals surface area (Å²) in [5.41, 5.74) is -0.884. The van der Waals surface area contributed by atoms with Gasteiger partial charge in [-0.15, -0.1) is 5.10 Å². The van der Waals surface area contributed by atoms with Gasteiger partial charge in [0.1, 0.15) is 5.60 Å². The molecule has 0 aliphatic carbocycles. The largest absolute Gasteiger partial charge is 0.437 e. The Hall–Kier alpha value is -2.09. The molecule has 1 saturated heterocycles. The molecule has 0 bridgehead atoms. The first kappa shape index (κ1) is 13.9. The second-order valence-corrected chi connectivity index (χ2v) is 5.14. The van der Waals surface area contributed by atoms with E-state index in [1.807, 2.05) is 6.92 Å². The fraction of sp³-hybridized carbons (Fsp3) is 0.385. The van der Waals surface area contributed by atoms with E-state index >= 15 is 0 Å². The standard InChI is InChI=1S/C13H11F3N2O3/c1-12(7-20-12)6-18-11(19)21-10(17-18)8-2-4-9(5-3-8)13(14,15)16/h2-5H,6-7H2,1H3. The molecule has 1 fully saturated rings. The van der Waals surface area contributed by atoms with Gasteiger partial charge in [0.25, 0.3) is 0 Å². The molecule has 8 heteroatoms. The second-order valence-electron chi connectivity index (χ2n) is 5.14. The molecule has 1 aromatic carbocycles. The predicted octanol–water partition coefficient (Wildman–Crippen LogP) is 2.31. The fourth-order valence-electron chi connectivity index (χ4n) is 1.86. The van der Waals surface area contributed by atoms with Gasteiger partial charge >= 0.3 is 11.9 Å². The average molecular weight is 300 g/mol. The Morgan fingerprint density at radius 2 is 1.95 bits per heavy atom. The van der Waals surface area contributed by atoms with E-state index in [4.69, 9.17) is 9.15 Å². The summed E-state index contributed by atoms with van der Waals surface area (Å²) in [6.45, 7) is 2.60. The maximum absolute atomic E-state index is 12.5. The Bertz CT molecular complexity index is 711. The number of benzene rings is 1. The number of hydrogen-bond donors (Lipinski definition) is 0. The van der Waals surface area contributed by atoms with Crippen molar-refractivity contribution in [2.45, 2.75) is 25.2 Å². The van der Waals surface area contributed by atoms with Crippen molar-refractivity contribution in [3.63, 3.8) is 0 Å². The Labute approximate surface area is 116 Å². The molecule has 1 unspecified atom stereocenters. The van der Waals surface area contributed by atoms with E-state index in [-0.39, 0.29) is 12.4 Å². The number of ether oxygens (including phenoxy) is 1. The van der Waals surface area contributed by atoms with Crippen LogP contribution in [0.15, 0.2) is 33.5 Å². The van der Waals surface area contributed by atoms with Gasteiger partial charge in [-0.25, -0.2) is 4.79 Å². The molecule has 112 valence electrons. The van der Waals surface area contributed by atoms with Gasteiger partial charge in [0.05, 0.1) is 18.7 Å². The van der Waals surface area contributed by atoms with Crippen molar-refractivity contribution in [1.82, 2.24) is 9.78 Å². The maximum Gasteiger partial charge on any atom is 0.437 e. The average Bonchev–Trinajstić information content (AvgIpc) is 3.02. The molecule has 1 aliphatic rings. The summed E-state index contributed by atoms with van der Waals surface area (Å²) in [7, 11) is 0. The summed E-state index contributed by atoms with van der Waals surface area (Å²) in [5.74, 6) is -0.681. The van der Waals surface area contributed by atoms with E-state index < -0.39 is 23.1 Å². The molecule has 0 radical (unpaired) electrons. The lowest BCUT2D eigenvalue weighted by atomic mass is 10.1. The van der Waals surface area contributed by atoms with Crippen molar-refractivity contribution in [2.75, 3.05) is 6.61 Å². The molecule has 21 heavy (non-hydrogen) atoms. The van der Waals surface area contributed by atoms with Gasteiger partial charge in [0, 0.05) is 5.56 Å². The highest BCUT2D eigenvalue weighted by Crippen LogP contribution is 2.31. The summed E-state index contributed by atoms with van der Waals surface area (Å²) in [6.07, 6.45) is -4.41. The van der Waals surface area contributed by atoms with Crippen LogP contribution < -0.4 is 5.76 Å². The Morgan fingerprint density at radius 3 is 2.48 bits per heavy atom. The van der Waals surface area contributed by atoms with Crippen molar-refractivity contribution in [3.8, 4) is 11.5 Å². The lowest BCUT2D eigenvalue weighted by Gasteiger charge is -2.05. The summed E-state index contributed by atoms with van der Waals surface area (Å²) in [6, 6.07) is 4.26. The first-order chi connectivity index (χ1) is 9.77. The zero-order valence-corrected chi connectivity index (χ0v) is 11.0. The van der Waals surface area contributed by atoms with E-state index in [9.17, 15) is 18.0 Å². The van der Waals surface area contributed by atoms with Crippen LogP contribution in [0.1, 0.15) is 12.5 Å². The first-order valence-corrected chi connectivity index (χ1v) is 6.16. The molecule has 5 nitrogen and oxygen atoms in total. The van der Waals surface area contributed by atoms with Crippen molar-refractivity contribution in [3.05, 3.63) is 40.4 Å². The third-order valence-corrected chi connectivity index (χ3v) is 3.19. The minimum atomic E-state index is -4.41. The van der Waals surface area contributed by atoms with Crippen molar-refractivity contribution in [1.29, 1.82) is 0 Å². The lowest BCUT2D eigenvalue weighted by molar-refractivity contribution is -0.137. The van der Waals surface area contributed by atoms with Crippen molar-refractivity contribution >= 4 is 0 Å². The highest BCUT2D eigenvalue weighted by atomic mass is 19.4. The van der Waals surface area contributed by atoms with E-state index in [2.05, 4.69) is 5.10 Å². The molecule has 0 saturated carbocycles. The van der Waals surface area contributed by atoms with E-state index in [1.165, 1.54) is 12.1 Å². The molecule has 0 N–H and O–H groups in total. The first-order valence-electron chi connectivity index (χ1n) is 6.16. The zero-order valence-electron chi connectivity index (χ0n) is 11.0. The quantitative estimate of drug-likeness (QED) is 0.816. The van der Waals surface area contributed by atoms with Crippen LogP contribution in [0.4, 0.5) is 13.2 Å². The highest BCUT2D eigenvalue weighted by Gasteiger charge is 2.40. The number of hydrogen-bond acceptors (Lipinski definition) is 4. The monoisotopic (exact) mass is 300 g/mol. The van der Waals surface area contributed by atoms with Gasteiger partial charge in [0.2, 0.25) is 5.89 Å². The third-order valence-electron chi connectivity index (χ3n) is 3.19. The maximum atomic E-state index is 12.5. The fourth-order valence-corrected chi connectivity index (χ4v) is 1.86. The van der Waals surface area contributed by atoms with E-state index in [0.717, 1.165) is 16.8 Å². The summed E-state index contributed by atoms with van der Waals surface area (Å²) >= 11 is 0. The summed E-state index contributed by atoms with van der Waals surface area (Å²) in [4.78, 5) is 11.6. The Kier molecular flexibility index (Phi) is 2.94. The molecule has 0 spiro atoms. The topological polar surface area (TPSA) is 60.6 Å². The number of alkyl halides is 3. The molecule has 1 aliphatic heterocycles. The van der Waals surface area contributed by atoms with Crippen molar-refractivity contribution in [2.24, 2.45) is 0 Å². The molecule has 3 rings (SSSR count). The van der Waals surface area contributed by atoms with Crippen LogP contribution in [0.25, 0.3) is 11.5 Å². The molecular weight excluding hydrogens is 289 g/mol. The smallest absolute Gasteiger partial charge is 0.388 e. The predicted molar refractivity (Wildman–Crippen MR) is 65.6 cm³/mol. The number of aromatic nitrogens is 2. The summed E-state index contributed by atoms with van der Waals surface area (Å²) < 4.78 is 48.7. The normalized spacial score (nSPS) is 21.5. The van der Waals surface area contributed by atoms with E-state index in [0.29, 0.717) is 12.2 Å². The lowest BCUT2D eigenvalue weighted by Crippen LogP contribution is -2.24. The van der Waals surface area contributed by atoms with Gasteiger partial charge in [-0.3, -0.25) is 0 Å². The van der Waals surface area contributed by atoms with Gasteiger partial charge in [-0.1, -0.05) is 0 Å². The molecule has 1 aromatic heterocycles. The SMILES string of the molecule is CC1(Cn2nc(-c3ccc(C(F)(F)F)cc3)oc2=O)CO1. The highest BCUT2D eigenvalue weighted by molar-refractivity contribution is 5.53. The van der Waals surface area contributed by atoms with Crippen LogP contribution in [-0.4, -0.2) is 22.0 Å². The van der Waals surface area contributed by atoms with Gasteiger partial charge in [0.15, 0.2) is 0 Å². The van der Waals surface area contributed by atoms with Crippen LogP contribution in [0.2, 0.25) is 0 Å². The molecule has 0 amide bonds. The second kappa shape index (κ2) is 4.45. The van der Waals surface area contributed by atoms with Gasteiger partial charge in [-0.2, -0.15) is 17.9 Å².